The van der Waals surface area contributed by atoms with Gasteiger partial charge in [0.1, 0.15) is 0 Å². The molecule has 2 rings (SSSR count). The number of hydrogen-bond donors (Lipinski definition) is 0. The molecule has 0 atom stereocenters. The van der Waals surface area contributed by atoms with Crippen molar-refractivity contribution < 1.29 is 0 Å². The standard InChI is InChI=1S/2C10H21N/c2*1-3-11(4-2)10-8-6-5-7-9-10/h2*10H,3-9H2,1-2H3. The van der Waals surface area contributed by atoms with Crippen molar-refractivity contribution >= 4 is 0 Å². The third-order valence-electron chi connectivity index (χ3n) is 5.81. The highest BCUT2D eigenvalue weighted by Crippen LogP contribution is 2.22. The van der Waals surface area contributed by atoms with E-state index in [-0.39, 0.29) is 0 Å². The molecule has 0 radical (unpaired) electrons. The first kappa shape index (κ1) is 20.0. The minimum absolute atomic E-state index is 0.916. The summed E-state index contributed by atoms with van der Waals surface area (Å²) in [5, 5.41) is 0. The third kappa shape index (κ3) is 7.00. The summed E-state index contributed by atoms with van der Waals surface area (Å²) in [6, 6.07) is 1.83. The minimum Gasteiger partial charge on any atom is -0.301 e. The lowest BCUT2D eigenvalue weighted by Gasteiger charge is -2.32. The molecule has 0 saturated heterocycles. The van der Waals surface area contributed by atoms with E-state index in [1.54, 1.807) is 0 Å². The van der Waals surface area contributed by atoms with Gasteiger partial charge in [-0.05, 0) is 51.9 Å². The first-order valence-electron chi connectivity index (χ1n) is 10.2. The van der Waals surface area contributed by atoms with Gasteiger partial charge >= 0.3 is 0 Å². The molecule has 0 unspecified atom stereocenters. The monoisotopic (exact) mass is 310 g/mol. The summed E-state index contributed by atoms with van der Waals surface area (Å²) in [6.07, 6.45) is 14.6. The van der Waals surface area contributed by atoms with Crippen molar-refractivity contribution in [1.29, 1.82) is 0 Å². The molecular weight excluding hydrogens is 268 g/mol. The second kappa shape index (κ2) is 12.4. The van der Waals surface area contributed by atoms with Crippen LogP contribution >= 0.6 is 0 Å². The van der Waals surface area contributed by atoms with Crippen molar-refractivity contribution in [3.63, 3.8) is 0 Å². The largest absolute Gasteiger partial charge is 0.301 e. The topological polar surface area (TPSA) is 6.48 Å². The van der Waals surface area contributed by atoms with Crippen LogP contribution in [0.4, 0.5) is 0 Å². The highest BCUT2D eigenvalue weighted by molar-refractivity contribution is 4.74. The van der Waals surface area contributed by atoms with Crippen LogP contribution in [0.1, 0.15) is 91.9 Å². The molecule has 22 heavy (non-hydrogen) atoms. The van der Waals surface area contributed by atoms with Crippen LogP contribution in [0, 0.1) is 0 Å². The predicted octanol–water partition coefficient (Wildman–Crippen LogP) is 5.32. The van der Waals surface area contributed by atoms with Crippen LogP contribution in [-0.4, -0.2) is 48.1 Å². The molecule has 0 aromatic rings. The molecule has 0 aromatic carbocycles. The average Bonchev–Trinajstić information content (AvgIpc) is 2.60. The predicted molar refractivity (Wildman–Crippen MR) is 99.6 cm³/mol. The van der Waals surface area contributed by atoms with Crippen molar-refractivity contribution in [3.05, 3.63) is 0 Å². The Balaban J connectivity index is 0.000000220. The summed E-state index contributed by atoms with van der Waals surface area (Å²) in [7, 11) is 0. The number of nitrogens with zero attached hydrogens (tertiary/aromatic N) is 2. The van der Waals surface area contributed by atoms with Crippen molar-refractivity contribution in [1.82, 2.24) is 9.80 Å². The van der Waals surface area contributed by atoms with Gasteiger partial charge < -0.3 is 9.80 Å². The Kier molecular flexibility index (Phi) is 11.2. The zero-order chi connectivity index (χ0) is 16.2. The summed E-state index contributed by atoms with van der Waals surface area (Å²) in [6.45, 7) is 14.1. The first-order chi connectivity index (χ1) is 10.8. The summed E-state index contributed by atoms with van der Waals surface area (Å²) < 4.78 is 0. The van der Waals surface area contributed by atoms with E-state index < -0.39 is 0 Å². The molecule has 2 saturated carbocycles. The van der Waals surface area contributed by atoms with Crippen molar-refractivity contribution in [2.45, 2.75) is 104 Å². The van der Waals surface area contributed by atoms with Crippen LogP contribution < -0.4 is 0 Å². The molecule has 2 aliphatic rings. The summed E-state index contributed by atoms with van der Waals surface area (Å²) in [5.74, 6) is 0. The highest BCUT2D eigenvalue weighted by atomic mass is 15.1. The Morgan fingerprint density at radius 2 is 0.773 bits per heavy atom. The maximum absolute atomic E-state index is 2.61. The zero-order valence-corrected chi connectivity index (χ0v) is 15.9. The molecule has 2 nitrogen and oxygen atoms in total. The fraction of sp³-hybridized carbons (Fsp3) is 1.00. The molecule has 132 valence electrons. The molecule has 0 bridgehead atoms. The zero-order valence-electron chi connectivity index (χ0n) is 15.9. The van der Waals surface area contributed by atoms with E-state index in [0.29, 0.717) is 0 Å². The van der Waals surface area contributed by atoms with Crippen LogP contribution in [0.5, 0.6) is 0 Å². The van der Waals surface area contributed by atoms with Crippen LogP contribution in [0.25, 0.3) is 0 Å². The smallest absolute Gasteiger partial charge is 0.00950 e. The molecule has 2 fully saturated rings. The Bertz CT molecular complexity index is 208. The maximum atomic E-state index is 2.61. The number of rotatable bonds is 6. The van der Waals surface area contributed by atoms with Crippen molar-refractivity contribution in [2.24, 2.45) is 0 Å². The maximum Gasteiger partial charge on any atom is 0.00950 e. The van der Waals surface area contributed by atoms with Gasteiger partial charge in [0, 0.05) is 12.1 Å². The van der Waals surface area contributed by atoms with E-state index in [1.165, 1.54) is 90.4 Å². The van der Waals surface area contributed by atoms with Crippen LogP contribution in [-0.2, 0) is 0 Å². The van der Waals surface area contributed by atoms with Crippen LogP contribution in [0.3, 0.4) is 0 Å². The summed E-state index contributed by atoms with van der Waals surface area (Å²) in [4.78, 5) is 5.22. The molecule has 2 aliphatic carbocycles. The summed E-state index contributed by atoms with van der Waals surface area (Å²) >= 11 is 0. The lowest BCUT2D eigenvalue weighted by atomic mass is 9.94. The van der Waals surface area contributed by atoms with E-state index >= 15 is 0 Å². The van der Waals surface area contributed by atoms with E-state index in [2.05, 4.69) is 37.5 Å². The van der Waals surface area contributed by atoms with Gasteiger partial charge in [0.2, 0.25) is 0 Å². The molecule has 2 heteroatoms. The number of hydrogen-bond acceptors (Lipinski definition) is 2. The van der Waals surface area contributed by atoms with Gasteiger partial charge in [0.25, 0.3) is 0 Å². The lowest BCUT2D eigenvalue weighted by molar-refractivity contribution is 0.172. The fourth-order valence-electron chi connectivity index (χ4n) is 4.37. The fourth-order valence-corrected chi connectivity index (χ4v) is 4.37. The Hall–Kier alpha value is -0.0800. The van der Waals surface area contributed by atoms with Gasteiger partial charge in [-0.2, -0.15) is 0 Å². The molecule has 0 amide bonds. The molecule has 0 aromatic heterocycles. The summed E-state index contributed by atoms with van der Waals surface area (Å²) in [5.41, 5.74) is 0. The molecule has 0 aliphatic heterocycles. The van der Waals surface area contributed by atoms with Gasteiger partial charge in [-0.15, -0.1) is 0 Å². The van der Waals surface area contributed by atoms with E-state index in [4.69, 9.17) is 0 Å². The minimum atomic E-state index is 0.916. The van der Waals surface area contributed by atoms with Gasteiger partial charge in [0.05, 0.1) is 0 Å². The quantitative estimate of drug-likeness (QED) is 0.655. The van der Waals surface area contributed by atoms with Crippen molar-refractivity contribution in [2.75, 3.05) is 26.2 Å². The third-order valence-corrected chi connectivity index (χ3v) is 5.81. The molecule has 0 N–H and O–H groups in total. The van der Waals surface area contributed by atoms with Crippen molar-refractivity contribution in [3.8, 4) is 0 Å². The van der Waals surface area contributed by atoms with E-state index in [0.717, 1.165) is 12.1 Å². The Labute approximate surface area is 140 Å². The van der Waals surface area contributed by atoms with Crippen LogP contribution in [0.15, 0.2) is 0 Å². The van der Waals surface area contributed by atoms with Crippen LogP contribution in [0.2, 0.25) is 0 Å². The van der Waals surface area contributed by atoms with Gasteiger partial charge in [0.15, 0.2) is 0 Å². The lowest BCUT2D eigenvalue weighted by Crippen LogP contribution is -2.36. The normalized spacial score (nSPS) is 21.0. The van der Waals surface area contributed by atoms with E-state index in [1.807, 2.05) is 0 Å². The Morgan fingerprint density at radius 1 is 0.500 bits per heavy atom. The Morgan fingerprint density at radius 3 is 1.00 bits per heavy atom. The van der Waals surface area contributed by atoms with E-state index in [9.17, 15) is 0 Å². The average molecular weight is 311 g/mol. The second-order valence-corrected chi connectivity index (χ2v) is 7.03. The molecular formula is C20H42N2. The van der Waals surface area contributed by atoms with Gasteiger partial charge in [-0.3, -0.25) is 0 Å². The SMILES string of the molecule is CCN(CC)C1CCCCC1.CCN(CC)C1CCCCC1. The van der Waals surface area contributed by atoms with Gasteiger partial charge in [-0.25, -0.2) is 0 Å². The van der Waals surface area contributed by atoms with Gasteiger partial charge in [-0.1, -0.05) is 66.2 Å². The second-order valence-electron chi connectivity index (χ2n) is 7.03. The first-order valence-corrected chi connectivity index (χ1v) is 10.2. The molecule has 0 heterocycles. The molecule has 0 spiro atoms. The highest BCUT2D eigenvalue weighted by Gasteiger charge is 2.18.